The van der Waals surface area contributed by atoms with Crippen molar-refractivity contribution in [3.8, 4) is 0 Å². The zero-order valence-corrected chi connectivity index (χ0v) is 19.0. The molecule has 0 atom stereocenters. The predicted molar refractivity (Wildman–Crippen MR) is 113 cm³/mol. The van der Waals surface area contributed by atoms with Crippen LogP contribution in [-0.2, 0) is 24.3 Å². The number of hydrogen-bond acceptors (Lipinski definition) is 5. The van der Waals surface area contributed by atoms with E-state index in [0.29, 0.717) is 37.3 Å². The van der Waals surface area contributed by atoms with Crippen LogP contribution < -0.4 is 4.72 Å². The van der Waals surface area contributed by atoms with Crippen LogP contribution in [0, 0.1) is 5.92 Å². The third-order valence-electron chi connectivity index (χ3n) is 5.28. The summed E-state index contributed by atoms with van der Waals surface area (Å²) in [6.07, 6.45) is 2.29. The summed E-state index contributed by atoms with van der Waals surface area (Å²) in [6, 6.07) is 4.57. The lowest BCUT2D eigenvalue weighted by atomic mass is 9.79. The molecule has 0 aromatic heterocycles. The van der Waals surface area contributed by atoms with Crippen molar-refractivity contribution in [3.05, 3.63) is 39.6 Å². The number of hydrogen-bond donors (Lipinski definition) is 1. The molecule has 1 N–H and O–H groups in total. The zero-order chi connectivity index (χ0) is 21.4. The Kier molecular flexibility index (Phi) is 6.65. The van der Waals surface area contributed by atoms with Crippen molar-refractivity contribution >= 4 is 44.1 Å². The van der Waals surface area contributed by atoms with Crippen LogP contribution in [0.4, 0.5) is 0 Å². The summed E-state index contributed by atoms with van der Waals surface area (Å²) in [5, 5.41) is 0.561. The molecule has 9 heteroatoms. The lowest BCUT2D eigenvalue weighted by molar-refractivity contribution is -0.144. The number of rotatable bonds is 5. The van der Waals surface area contributed by atoms with Gasteiger partial charge in [-0.1, -0.05) is 43.1 Å². The Morgan fingerprint density at radius 1 is 1.28 bits per heavy atom. The largest absolute Gasteiger partial charge is 0.427 e. The van der Waals surface area contributed by atoms with Crippen LogP contribution in [0.2, 0.25) is 10.0 Å². The molecular weight excluding hydrogens is 437 g/mol. The zero-order valence-electron chi connectivity index (χ0n) is 16.6. The van der Waals surface area contributed by atoms with Gasteiger partial charge in [-0.05, 0) is 44.7 Å². The van der Waals surface area contributed by atoms with Crippen LogP contribution in [0.25, 0.3) is 4.91 Å². The minimum Gasteiger partial charge on any atom is -0.427 e. The van der Waals surface area contributed by atoms with E-state index in [1.165, 1.54) is 12.1 Å². The van der Waals surface area contributed by atoms with Crippen molar-refractivity contribution < 1.29 is 22.7 Å². The maximum absolute atomic E-state index is 13.2. The molecule has 6 nitrogen and oxygen atoms in total. The Balaban J connectivity index is 2.13. The monoisotopic (exact) mass is 461 g/mol. The Morgan fingerprint density at radius 2 is 1.93 bits per heavy atom. The normalized spacial score (nSPS) is 26.3. The van der Waals surface area contributed by atoms with E-state index in [1.807, 2.05) is 6.92 Å². The predicted octanol–water partition coefficient (Wildman–Crippen LogP) is 4.51. The molecule has 1 heterocycles. The molecule has 0 amide bonds. The molecule has 1 saturated carbocycles. The van der Waals surface area contributed by atoms with Crippen molar-refractivity contribution in [2.45, 2.75) is 58.1 Å². The SMILES string of the molecule is CCOC1CCC2(CC1)NS(=O)(=O)C(c1ccc(Cl)cc1Cl)=C2OC(=O)C(C)C. The lowest BCUT2D eigenvalue weighted by Gasteiger charge is -2.37. The van der Waals surface area contributed by atoms with Crippen LogP contribution >= 0.6 is 23.2 Å². The summed E-state index contributed by atoms with van der Waals surface area (Å²) < 4.78 is 40.5. The highest BCUT2D eigenvalue weighted by atomic mass is 35.5. The standard InChI is InChI=1S/C20H25Cl2NO5S/c1-4-27-14-7-9-20(10-8-14)18(28-19(24)12(2)3)17(29(25,26)23-20)15-6-5-13(21)11-16(15)22/h5-6,11-12,14,23H,4,7-10H2,1-3H3. The fourth-order valence-electron chi connectivity index (χ4n) is 3.81. The van der Waals surface area contributed by atoms with Gasteiger partial charge in [0.05, 0.1) is 22.6 Å². The molecule has 2 aliphatic rings. The number of carbonyl (C=O) groups excluding carboxylic acids is 1. The van der Waals surface area contributed by atoms with E-state index in [9.17, 15) is 13.2 Å². The van der Waals surface area contributed by atoms with Gasteiger partial charge in [0.25, 0.3) is 0 Å². The average molecular weight is 462 g/mol. The fraction of sp³-hybridized carbons (Fsp3) is 0.550. The molecule has 160 valence electrons. The fourth-order valence-corrected chi connectivity index (χ4v) is 6.23. The first-order valence-electron chi connectivity index (χ1n) is 9.67. The van der Waals surface area contributed by atoms with Crippen LogP contribution in [0.3, 0.4) is 0 Å². The van der Waals surface area contributed by atoms with Crippen LogP contribution in [0.15, 0.2) is 24.0 Å². The molecule has 1 spiro atoms. The van der Waals surface area contributed by atoms with E-state index in [4.69, 9.17) is 32.7 Å². The lowest BCUT2D eigenvalue weighted by Crippen LogP contribution is -2.49. The summed E-state index contributed by atoms with van der Waals surface area (Å²) in [7, 11) is -3.95. The van der Waals surface area contributed by atoms with E-state index in [2.05, 4.69) is 4.72 Å². The van der Waals surface area contributed by atoms with Crippen LogP contribution in [-0.4, -0.2) is 32.6 Å². The van der Waals surface area contributed by atoms with Crippen molar-refractivity contribution in [2.75, 3.05) is 6.61 Å². The Labute approximate surface area is 181 Å². The second-order valence-electron chi connectivity index (χ2n) is 7.70. The number of carbonyl (C=O) groups is 1. The van der Waals surface area contributed by atoms with Crippen LogP contribution in [0.1, 0.15) is 52.0 Å². The molecule has 1 aliphatic heterocycles. The van der Waals surface area contributed by atoms with E-state index in [1.54, 1.807) is 19.9 Å². The summed E-state index contributed by atoms with van der Waals surface area (Å²) in [5.74, 6) is -0.785. The minimum absolute atomic E-state index is 0.0559. The maximum atomic E-state index is 13.2. The Bertz CT molecular complexity index is 934. The highest BCUT2D eigenvalue weighted by Crippen LogP contribution is 2.48. The summed E-state index contributed by atoms with van der Waals surface area (Å²) in [4.78, 5) is 12.4. The number of nitrogens with one attached hydrogen (secondary N) is 1. The first-order chi connectivity index (χ1) is 13.6. The number of sulfonamides is 1. The molecule has 3 rings (SSSR count). The van der Waals surface area contributed by atoms with Gasteiger partial charge in [0.2, 0.25) is 10.0 Å². The number of halogens is 2. The number of esters is 1. The van der Waals surface area contributed by atoms with Gasteiger partial charge >= 0.3 is 5.97 Å². The van der Waals surface area contributed by atoms with E-state index >= 15 is 0 Å². The quantitative estimate of drug-likeness (QED) is 0.652. The molecule has 0 unspecified atom stereocenters. The van der Waals surface area contributed by atoms with E-state index < -0.39 is 27.4 Å². The Morgan fingerprint density at radius 3 is 2.48 bits per heavy atom. The van der Waals surface area contributed by atoms with Gasteiger partial charge in [0.1, 0.15) is 10.7 Å². The van der Waals surface area contributed by atoms with Gasteiger partial charge in [-0.2, -0.15) is 4.72 Å². The Hall–Kier alpha value is -1.12. The number of ether oxygens (including phenoxy) is 2. The second kappa shape index (κ2) is 8.55. The molecule has 0 saturated heterocycles. The molecule has 1 fully saturated rings. The van der Waals surface area contributed by atoms with Gasteiger partial charge in [-0.3, -0.25) is 4.79 Å². The van der Waals surface area contributed by atoms with Gasteiger partial charge in [-0.25, -0.2) is 8.42 Å². The average Bonchev–Trinajstić information content (AvgIpc) is 2.84. The number of benzene rings is 1. The van der Waals surface area contributed by atoms with Crippen molar-refractivity contribution in [3.63, 3.8) is 0 Å². The van der Waals surface area contributed by atoms with Gasteiger partial charge in [-0.15, -0.1) is 0 Å². The maximum Gasteiger partial charge on any atom is 0.313 e. The van der Waals surface area contributed by atoms with Crippen LogP contribution in [0.5, 0.6) is 0 Å². The first kappa shape index (κ1) is 22.6. The molecule has 1 aliphatic carbocycles. The molecule has 1 aromatic carbocycles. The summed E-state index contributed by atoms with van der Waals surface area (Å²) in [5.41, 5.74) is -0.728. The van der Waals surface area contributed by atoms with Crippen molar-refractivity contribution in [1.82, 2.24) is 4.72 Å². The summed E-state index contributed by atoms with van der Waals surface area (Å²) >= 11 is 12.3. The molecule has 29 heavy (non-hydrogen) atoms. The van der Waals surface area contributed by atoms with Crippen molar-refractivity contribution in [1.29, 1.82) is 0 Å². The highest BCUT2D eigenvalue weighted by molar-refractivity contribution is 7.99. The highest BCUT2D eigenvalue weighted by Gasteiger charge is 2.53. The smallest absolute Gasteiger partial charge is 0.313 e. The van der Waals surface area contributed by atoms with Gasteiger partial charge in [0.15, 0.2) is 0 Å². The molecular formula is C20H25Cl2NO5S. The minimum atomic E-state index is -3.95. The molecule has 0 radical (unpaired) electrons. The summed E-state index contributed by atoms with van der Waals surface area (Å²) in [6.45, 7) is 5.93. The van der Waals surface area contributed by atoms with Gasteiger partial charge < -0.3 is 9.47 Å². The first-order valence-corrected chi connectivity index (χ1v) is 11.9. The van der Waals surface area contributed by atoms with E-state index in [-0.39, 0.29) is 27.4 Å². The van der Waals surface area contributed by atoms with E-state index in [0.717, 1.165) is 0 Å². The van der Waals surface area contributed by atoms with Gasteiger partial charge in [0, 0.05) is 17.2 Å². The molecule has 0 bridgehead atoms. The second-order valence-corrected chi connectivity index (χ2v) is 10.2. The van der Waals surface area contributed by atoms with Crippen molar-refractivity contribution in [2.24, 2.45) is 5.92 Å². The topological polar surface area (TPSA) is 81.7 Å². The third-order valence-corrected chi connectivity index (χ3v) is 7.43. The third kappa shape index (κ3) is 4.49. The molecule has 1 aromatic rings.